The first kappa shape index (κ1) is 21.1. The molecule has 2 N–H and O–H groups in total. The molecule has 0 aliphatic carbocycles. The summed E-state index contributed by atoms with van der Waals surface area (Å²) in [5.41, 5.74) is 2.58. The van der Waals surface area contributed by atoms with Crippen LogP contribution in [0.15, 0.2) is 48.3 Å². The van der Waals surface area contributed by atoms with Crippen LogP contribution in [0.3, 0.4) is 0 Å². The van der Waals surface area contributed by atoms with Gasteiger partial charge in [-0.15, -0.1) is 0 Å². The van der Waals surface area contributed by atoms with Gasteiger partial charge in [0.15, 0.2) is 0 Å². The van der Waals surface area contributed by atoms with Crippen LogP contribution in [0.5, 0.6) is 0 Å². The summed E-state index contributed by atoms with van der Waals surface area (Å²) in [6, 6.07) is 5.20. The molecule has 0 saturated heterocycles. The van der Waals surface area contributed by atoms with Crippen molar-refractivity contribution in [2.24, 2.45) is 0 Å². The molecule has 2 amide bonds. The number of allylic oxidation sites excluding steroid dienone is 6. The number of hydrogen-bond donors (Lipinski definition) is 2. The zero-order valence-corrected chi connectivity index (χ0v) is 16.5. The molecular weight excluding hydrogens is 359 g/mol. The molecule has 7 heteroatoms. The highest BCUT2D eigenvalue weighted by molar-refractivity contribution is 6.01. The number of carbonyl (C=O) groups is 2. The fourth-order valence-electron chi connectivity index (χ4n) is 2.58. The van der Waals surface area contributed by atoms with Crippen molar-refractivity contribution in [2.75, 3.05) is 20.6 Å². The minimum atomic E-state index is -0.311. The Bertz CT molecular complexity index is 950. The standard InChI is InChI=1S/C21H25FN4O2/c1-5-6-15(8-7-14(2)22)20-17-13-16(9-10-18(17)24-25-20)21(28)23-12-11-19(27)26(3)4/h5-10,13H,11-12H2,1-4H3,(H,23,28)(H,24,25)/b6-5-,14-7+,15-8+. The van der Waals surface area contributed by atoms with E-state index in [0.29, 0.717) is 11.3 Å². The fraction of sp³-hybridized carbons (Fsp3) is 0.286. The smallest absolute Gasteiger partial charge is 0.251 e. The van der Waals surface area contributed by atoms with Crippen molar-refractivity contribution in [3.8, 4) is 0 Å². The number of benzene rings is 1. The zero-order valence-electron chi connectivity index (χ0n) is 16.5. The lowest BCUT2D eigenvalue weighted by Crippen LogP contribution is -2.30. The number of halogens is 1. The summed E-state index contributed by atoms with van der Waals surface area (Å²) in [5, 5.41) is 10.8. The van der Waals surface area contributed by atoms with Crippen molar-refractivity contribution in [1.29, 1.82) is 0 Å². The Morgan fingerprint density at radius 3 is 2.68 bits per heavy atom. The van der Waals surface area contributed by atoms with E-state index in [1.54, 1.807) is 38.4 Å². The topological polar surface area (TPSA) is 78.1 Å². The molecule has 0 atom stereocenters. The average molecular weight is 384 g/mol. The molecule has 0 aliphatic rings. The van der Waals surface area contributed by atoms with E-state index >= 15 is 0 Å². The highest BCUT2D eigenvalue weighted by Gasteiger charge is 2.13. The van der Waals surface area contributed by atoms with Gasteiger partial charge in [0.2, 0.25) is 5.91 Å². The maximum absolute atomic E-state index is 13.1. The molecule has 0 aliphatic heterocycles. The number of amides is 2. The van der Waals surface area contributed by atoms with E-state index < -0.39 is 0 Å². The second-order valence-corrected chi connectivity index (χ2v) is 6.50. The zero-order chi connectivity index (χ0) is 20.7. The molecule has 148 valence electrons. The average Bonchev–Trinajstić information content (AvgIpc) is 3.07. The van der Waals surface area contributed by atoms with E-state index in [-0.39, 0.29) is 30.6 Å². The van der Waals surface area contributed by atoms with Crippen molar-refractivity contribution < 1.29 is 14.0 Å². The first-order valence-electron chi connectivity index (χ1n) is 8.97. The van der Waals surface area contributed by atoms with Gasteiger partial charge in [-0.2, -0.15) is 5.10 Å². The minimum Gasteiger partial charge on any atom is -0.352 e. The number of carbonyl (C=O) groups excluding carboxylic acids is 2. The fourth-order valence-corrected chi connectivity index (χ4v) is 2.58. The molecule has 1 aromatic carbocycles. The SMILES string of the molecule is C\C=C/C(=C\C=C(/C)F)c1n[nH]c2ccc(C(=O)NCCC(=O)N(C)C)cc12. The Kier molecular flexibility index (Phi) is 7.26. The van der Waals surface area contributed by atoms with Gasteiger partial charge in [0.25, 0.3) is 5.91 Å². The third-order valence-corrected chi connectivity index (χ3v) is 4.06. The van der Waals surface area contributed by atoms with Crippen LogP contribution < -0.4 is 5.32 Å². The molecule has 1 aromatic heterocycles. The van der Waals surface area contributed by atoms with Gasteiger partial charge in [-0.1, -0.05) is 18.2 Å². The highest BCUT2D eigenvalue weighted by atomic mass is 19.1. The van der Waals surface area contributed by atoms with Gasteiger partial charge in [0, 0.05) is 43.6 Å². The lowest BCUT2D eigenvalue weighted by Gasteiger charge is -2.10. The van der Waals surface area contributed by atoms with Gasteiger partial charge in [-0.05, 0) is 38.1 Å². The summed E-state index contributed by atoms with van der Waals surface area (Å²) < 4.78 is 13.1. The summed E-state index contributed by atoms with van der Waals surface area (Å²) in [6.45, 7) is 3.49. The first-order valence-corrected chi connectivity index (χ1v) is 8.97. The van der Waals surface area contributed by atoms with Crippen molar-refractivity contribution in [2.45, 2.75) is 20.3 Å². The summed E-state index contributed by atoms with van der Waals surface area (Å²) in [7, 11) is 3.35. The molecule has 28 heavy (non-hydrogen) atoms. The van der Waals surface area contributed by atoms with Gasteiger partial charge in [-0.25, -0.2) is 4.39 Å². The summed E-state index contributed by atoms with van der Waals surface area (Å²) in [6.07, 6.45) is 6.92. The van der Waals surface area contributed by atoms with Crippen molar-refractivity contribution >= 4 is 28.3 Å². The summed E-state index contributed by atoms with van der Waals surface area (Å²) >= 11 is 0. The van der Waals surface area contributed by atoms with E-state index in [1.807, 2.05) is 19.1 Å². The number of fused-ring (bicyclic) bond motifs is 1. The second kappa shape index (κ2) is 9.64. The van der Waals surface area contributed by atoms with Gasteiger partial charge >= 0.3 is 0 Å². The maximum atomic E-state index is 13.1. The second-order valence-electron chi connectivity index (χ2n) is 6.50. The van der Waals surface area contributed by atoms with E-state index in [1.165, 1.54) is 17.9 Å². The monoisotopic (exact) mass is 384 g/mol. The van der Waals surface area contributed by atoms with Crippen LogP contribution in [0.25, 0.3) is 16.5 Å². The highest BCUT2D eigenvalue weighted by Crippen LogP contribution is 2.25. The molecule has 0 unspecified atom stereocenters. The van der Waals surface area contributed by atoms with Crippen molar-refractivity contribution in [3.05, 3.63) is 59.6 Å². The van der Waals surface area contributed by atoms with E-state index in [9.17, 15) is 14.0 Å². The number of nitrogens with one attached hydrogen (secondary N) is 2. The Morgan fingerprint density at radius 2 is 2.04 bits per heavy atom. The van der Waals surface area contributed by atoms with Crippen molar-refractivity contribution in [1.82, 2.24) is 20.4 Å². The van der Waals surface area contributed by atoms with Gasteiger partial charge in [0.1, 0.15) is 0 Å². The molecule has 0 radical (unpaired) electrons. The van der Waals surface area contributed by atoms with Gasteiger partial charge in [-0.3, -0.25) is 14.7 Å². The Morgan fingerprint density at radius 1 is 1.29 bits per heavy atom. The van der Waals surface area contributed by atoms with E-state index in [4.69, 9.17) is 0 Å². The molecule has 0 bridgehead atoms. The largest absolute Gasteiger partial charge is 0.352 e. The molecule has 6 nitrogen and oxygen atoms in total. The number of rotatable bonds is 7. The summed E-state index contributed by atoms with van der Waals surface area (Å²) in [4.78, 5) is 25.5. The molecule has 2 aromatic rings. The lowest BCUT2D eigenvalue weighted by molar-refractivity contribution is -0.128. The van der Waals surface area contributed by atoms with Crippen molar-refractivity contribution in [3.63, 3.8) is 0 Å². The van der Waals surface area contributed by atoms with Gasteiger partial charge < -0.3 is 10.2 Å². The van der Waals surface area contributed by atoms with Crippen LogP contribution in [-0.4, -0.2) is 47.6 Å². The molecule has 0 fully saturated rings. The van der Waals surface area contributed by atoms with E-state index in [0.717, 1.165) is 16.5 Å². The Hall–Kier alpha value is -3.22. The van der Waals surface area contributed by atoms with E-state index in [2.05, 4.69) is 15.5 Å². The normalized spacial score (nSPS) is 12.6. The number of H-pyrrole nitrogens is 1. The van der Waals surface area contributed by atoms with Crippen LogP contribution in [0.2, 0.25) is 0 Å². The number of aromatic nitrogens is 2. The Balaban J connectivity index is 2.28. The van der Waals surface area contributed by atoms with Crippen LogP contribution in [0.1, 0.15) is 36.3 Å². The minimum absolute atomic E-state index is 0.0507. The Labute approximate surface area is 163 Å². The first-order chi connectivity index (χ1) is 13.3. The maximum Gasteiger partial charge on any atom is 0.251 e. The molecule has 2 rings (SSSR count). The van der Waals surface area contributed by atoms with Crippen LogP contribution in [0, 0.1) is 0 Å². The number of aromatic amines is 1. The predicted molar refractivity (Wildman–Crippen MR) is 109 cm³/mol. The molecule has 0 saturated carbocycles. The van der Waals surface area contributed by atoms with Crippen LogP contribution >= 0.6 is 0 Å². The number of nitrogens with zero attached hydrogens (tertiary/aromatic N) is 2. The molecule has 1 heterocycles. The quantitative estimate of drug-likeness (QED) is 0.716. The number of hydrogen-bond acceptors (Lipinski definition) is 3. The summed E-state index contributed by atoms with van der Waals surface area (Å²) in [5.74, 6) is -0.629. The molecule has 0 spiro atoms. The molecular formula is C21H25FN4O2. The third kappa shape index (κ3) is 5.39. The van der Waals surface area contributed by atoms with Crippen LogP contribution in [0.4, 0.5) is 4.39 Å². The predicted octanol–water partition coefficient (Wildman–Crippen LogP) is 3.60. The lowest BCUT2D eigenvalue weighted by atomic mass is 10.0. The van der Waals surface area contributed by atoms with Gasteiger partial charge in [0.05, 0.1) is 17.0 Å². The van der Waals surface area contributed by atoms with Crippen LogP contribution in [-0.2, 0) is 4.79 Å². The third-order valence-electron chi connectivity index (χ3n) is 4.06.